The highest BCUT2D eigenvalue weighted by Crippen LogP contribution is 2.32. The number of hydrogen-bond acceptors (Lipinski definition) is 6. The van der Waals surface area contributed by atoms with Crippen LogP contribution in [0, 0.1) is 6.92 Å². The second-order valence-corrected chi connectivity index (χ2v) is 6.98. The van der Waals surface area contributed by atoms with Gasteiger partial charge < -0.3 is 5.32 Å². The molecule has 0 atom stereocenters. The molecule has 2 heterocycles. The molecule has 0 spiro atoms. The first-order valence-electron chi connectivity index (χ1n) is 6.49. The molecule has 21 heavy (non-hydrogen) atoms. The van der Waals surface area contributed by atoms with E-state index in [0.717, 1.165) is 27.0 Å². The Balaban J connectivity index is 2.11. The standard InChI is InChI=1S/C13H18N4OS3/c1-5-17-7-9(8(2)15-17)6-14-11(18)10-12(19-3)16-21-13(10)20-4/h7H,5-6H2,1-4H3,(H,14,18). The van der Waals surface area contributed by atoms with E-state index in [2.05, 4.69) is 14.8 Å². The van der Waals surface area contributed by atoms with Gasteiger partial charge in [0.15, 0.2) is 0 Å². The molecular formula is C13H18N4OS3. The van der Waals surface area contributed by atoms with Gasteiger partial charge in [-0.2, -0.15) is 9.47 Å². The van der Waals surface area contributed by atoms with Crippen LogP contribution in [0.15, 0.2) is 15.4 Å². The Morgan fingerprint density at radius 1 is 1.43 bits per heavy atom. The maximum Gasteiger partial charge on any atom is 0.256 e. The summed E-state index contributed by atoms with van der Waals surface area (Å²) >= 11 is 4.44. The lowest BCUT2D eigenvalue weighted by Gasteiger charge is -2.05. The molecule has 0 unspecified atom stereocenters. The van der Waals surface area contributed by atoms with Gasteiger partial charge in [0.05, 0.1) is 15.5 Å². The predicted molar refractivity (Wildman–Crippen MR) is 89.5 cm³/mol. The summed E-state index contributed by atoms with van der Waals surface area (Å²) in [5, 5.41) is 8.16. The van der Waals surface area contributed by atoms with Crippen molar-refractivity contribution in [1.82, 2.24) is 19.5 Å². The van der Waals surface area contributed by atoms with Gasteiger partial charge in [0.1, 0.15) is 5.03 Å². The summed E-state index contributed by atoms with van der Waals surface area (Å²) in [7, 11) is 0. The summed E-state index contributed by atoms with van der Waals surface area (Å²) in [6.07, 6.45) is 5.88. The maximum absolute atomic E-state index is 12.4. The van der Waals surface area contributed by atoms with Gasteiger partial charge >= 0.3 is 0 Å². The third kappa shape index (κ3) is 3.61. The highest BCUT2D eigenvalue weighted by Gasteiger charge is 2.20. The van der Waals surface area contributed by atoms with Crippen LogP contribution in [0.1, 0.15) is 28.5 Å². The van der Waals surface area contributed by atoms with Crippen LogP contribution in [-0.2, 0) is 13.1 Å². The fourth-order valence-corrected chi connectivity index (χ4v) is 4.17. The average molecular weight is 343 g/mol. The second-order valence-electron chi connectivity index (χ2n) is 4.34. The van der Waals surface area contributed by atoms with Crippen molar-refractivity contribution >= 4 is 41.0 Å². The van der Waals surface area contributed by atoms with Crippen LogP contribution < -0.4 is 5.32 Å². The van der Waals surface area contributed by atoms with Gasteiger partial charge in [-0.3, -0.25) is 9.48 Å². The number of amides is 1. The van der Waals surface area contributed by atoms with Crippen LogP contribution in [0.3, 0.4) is 0 Å². The first-order valence-corrected chi connectivity index (χ1v) is 9.71. The SMILES string of the molecule is CCn1cc(CNC(=O)c2c(SC)nsc2SC)c(C)n1. The lowest BCUT2D eigenvalue weighted by molar-refractivity contribution is 0.0945. The highest BCUT2D eigenvalue weighted by atomic mass is 32.2. The summed E-state index contributed by atoms with van der Waals surface area (Å²) in [6.45, 7) is 5.32. The van der Waals surface area contributed by atoms with Gasteiger partial charge in [-0.15, -0.1) is 23.5 Å². The number of carbonyl (C=O) groups is 1. The van der Waals surface area contributed by atoms with Crippen LogP contribution in [0.4, 0.5) is 0 Å². The molecule has 2 aromatic heterocycles. The van der Waals surface area contributed by atoms with Crippen LogP contribution >= 0.6 is 35.1 Å². The molecule has 114 valence electrons. The molecule has 0 saturated heterocycles. The fraction of sp³-hybridized carbons (Fsp3) is 0.462. The molecular weight excluding hydrogens is 324 g/mol. The lowest BCUT2D eigenvalue weighted by atomic mass is 10.2. The molecule has 0 fully saturated rings. The zero-order valence-corrected chi connectivity index (χ0v) is 14.9. The number of aryl methyl sites for hydroxylation is 2. The van der Waals surface area contributed by atoms with Gasteiger partial charge in [-0.1, -0.05) is 0 Å². The Labute approximate surface area is 137 Å². The van der Waals surface area contributed by atoms with E-state index in [1.165, 1.54) is 23.3 Å². The number of carbonyl (C=O) groups excluding carboxylic acids is 1. The molecule has 2 aromatic rings. The molecule has 1 amide bonds. The Bertz CT molecular complexity index is 614. The Kier molecular flexibility index (Phi) is 5.72. The minimum atomic E-state index is -0.0684. The molecule has 1 N–H and O–H groups in total. The lowest BCUT2D eigenvalue weighted by Crippen LogP contribution is -2.23. The van der Waals surface area contributed by atoms with E-state index < -0.39 is 0 Å². The van der Waals surface area contributed by atoms with E-state index in [1.54, 1.807) is 11.8 Å². The summed E-state index contributed by atoms with van der Waals surface area (Å²) < 4.78 is 7.16. The monoisotopic (exact) mass is 342 g/mol. The van der Waals surface area contributed by atoms with Crippen molar-refractivity contribution in [3.05, 3.63) is 23.0 Å². The topological polar surface area (TPSA) is 59.8 Å². The Morgan fingerprint density at radius 2 is 2.19 bits per heavy atom. The third-order valence-corrected chi connectivity index (χ3v) is 5.79. The van der Waals surface area contributed by atoms with E-state index >= 15 is 0 Å². The quantitative estimate of drug-likeness (QED) is 0.818. The summed E-state index contributed by atoms with van der Waals surface area (Å²) in [4.78, 5) is 12.4. The van der Waals surface area contributed by atoms with Crippen molar-refractivity contribution in [3.63, 3.8) is 0 Å². The smallest absolute Gasteiger partial charge is 0.256 e. The molecule has 0 aliphatic rings. The molecule has 0 aliphatic carbocycles. The first kappa shape index (κ1) is 16.4. The number of hydrogen-bond donors (Lipinski definition) is 1. The van der Waals surface area contributed by atoms with E-state index in [9.17, 15) is 4.79 Å². The van der Waals surface area contributed by atoms with Crippen LogP contribution in [0.25, 0.3) is 0 Å². The molecule has 5 nitrogen and oxygen atoms in total. The van der Waals surface area contributed by atoms with Crippen molar-refractivity contribution in [3.8, 4) is 0 Å². The summed E-state index contributed by atoms with van der Waals surface area (Å²) in [5.74, 6) is -0.0684. The van der Waals surface area contributed by atoms with Crippen LogP contribution in [-0.4, -0.2) is 32.6 Å². The number of thioether (sulfide) groups is 2. The molecule has 0 aliphatic heterocycles. The summed E-state index contributed by atoms with van der Waals surface area (Å²) in [5.41, 5.74) is 2.70. The van der Waals surface area contributed by atoms with E-state index in [0.29, 0.717) is 12.1 Å². The van der Waals surface area contributed by atoms with E-state index in [-0.39, 0.29) is 5.91 Å². The number of nitrogens with zero attached hydrogens (tertiary/aromatic N) is 3. The maximum atomic E-state index is 12.4. The van der Waals surface area contributed by atoms with Crippen molar-refractivity contribution < 1.29 is 4.79 Å². The second kappa shape index (κ2) is 7.33. The largest absolute Gasteiger partial charge is 0.348 e. The van der Waals surface area contributed by atoms with Crippen LogP contribution in [0.2, 0.25) is 0 Å². The highest BCUT2D eigenvalue weighted by molar-refractivity contribution is 8.01. The first-order chi connectivity index (χ1) is 10.1. The Hall–Kier alpha value is -0.990. The predicted octanol–water partition coefficient (Wildman–Crippen LogP) is 3.04. The van der Waals surface area contributed by atoms with Crippen molar-refractivity contribution in [2.45, 2.75) is 36.2 Å². The van der Waals surface area contributed by atoms with Crippen molar-refractivity contribution in [2.24, 2.45) is 0 Å². The molecule has 0 aromatic carbocycles. The van der Waals surface area contributed by atoms with Crippen molar-refractivity contribution in [1.29, 1.82) is 0 Å². The fourth-order valence-electron chi connectivity index (χ4n) is 1.89. The zero-order chi connectivity index (χ0) is 15.4. The van der Waals surface area contributed by atoms with Gasteiger partial charge in [0.2, 0.25) is 0 Å². The average Bonchev–Trinajstić information content (AvgIpc) is 3.07. The molecule has 0 radical (unpaired) electrons. The number of rotatable bonds is 6. The van der Waals surface area contributed by atoms with Gasteiger partial charge in [-0.25, -0.2) is 0 Å². The van der Waals surface area contributed by atoms with Gasteiger partial charge in [0, 0.05) is 24.8 Å². The summed E-state index contributed by atoms with van der Waals surface area (Å²) in [6, 6.07) is 0. The minimum absolute atomic E-state index is 0.0684. The minimum Gasteiger partial charge on any atom is -0.348 e. The Morgan fingerprint density at radius 3 is 2.76 bits per heavy atom. The molecule has 0 bridgehead atoms. The van der Waals surface area contributed by atoms with Crippen LogP contribution in [0.5, 0.6) is 0 Å². The number of aromatic nitrogens is 3. The number of nitrogens with one attached hydrogen (secondary N) is 1. The van der Waals surface area contributed by atoms with E-state index in [1.807, 2.05) is 37.2 Å². The normalized spacial score (nSPS) is 10.9. The van der Waals surface area contributed by atoms with Gasteiger partial charge in [0.25, 0.3) is 5.91 Å². The third-order valence-electron chi connectivity index (χ3n) is 3.05. The van der Waals surface area contributed by atoms with E-state index in [4.69, 9.17) is 0 Å². The van der Waals surface area contributed by atoms with Gasteiger partial charge in [-0.05, 0) is 37.9 Å². The zero-order valence-electron chi connectivity index (χ0n) is 12.5. The molecule has 2 rings (SSSR count). The molecule has 0 saturated carbocycles. The molecule has 8 heteroatoms. The van der Waals surface area contributed by atoms with Crippen molar-refractivity contribution in [2.75, 3.05) is 12.5 Å².